The van der Waals surface area contributed by atoms with E-state index >= 15 is 0 Å². The van der Waals surface area contributed by atoms with Gasteiger partial charge in [0.25, 0.3) is 5.78 Å². The minimum atomic E-state index is -4.92. The van der Waals surface area contributed by atoms with E-state index in [4.69, 9.17) is 0 Å². The zero-order valence-electron chi connectivity index (χ0n) is 9.46. The van der Waals surface area contributed by atoms with Crippen molar-refractivity contribution in [3.05, 3.63) is 11.8 Å². The van der Waals surface area contributed by atoms with Gasteiger partial charge in [0.15, 0.2) is 0 Å². The zero-order valence-corrected chi connectivity index (χ0v) is 10.3. The Morgan fingerprint density at radius 3 is 2.00 bits per heavy atom. The van der Waals surface area contributed by atoms with E-state index in [9.17, 15) is 22.2 Å². The Labute approximate surface area is 92.9 Å². The van der Waals surface area contributed by atoms with Gasteiger partial charge in [-0.15, -0.1) is 0 Å². The van der Waals surface area contributed by atoms with Crippen LogP contribution in [0.15, 0.2) is 16.1 Å². The molecular weight excluding hydrogens is 243 g/mol. The third-order valence-electron chi connectivity index (χ3n) is 1.48. The molecule has 3 nitrogen and oxygen atoms in total. The highest BCUT2D eigenvalue weighted by Gasteiger charge is 2.37. The molecule has 7 heteroatoms. The van der Waals surface area contributed by atoms with Crippen molar-refractivity contribution in [2.24, 2.45) is 10.3 Å². The van der Waals surface area contributed by atoms with Crippen molar-refractivity contribution in [3.8, 4) is 0 Å². The number of hydrogen-bond acceptors (Lipinski definition) is 3. The molecule has 16 heavy (non-hydrogen) atoms. The van der Waals surface area contributed by atoms with Crippen LogP contribution >= 0.6 is 0 Å². The Morgan fingerprint density at radius 1 is 1.31 bits per heavy atom. The van der Waals surface area contributed by atoms with Crippen LogP contribution in [0.3, 0.4) is 0 Å². The number of halogens is 3. The average molecular weight is 257 g/mol. The van der Waals surface area contributed by atoms with Crippen molar-refractivity contribution in [3.63, 3.8) is 0 Å². The Kier molecular flexibility index (Phi) is 4.72. The van der Waals surface area contributed by atoms with Crippen molar-refractivity contribution < 1.29 is 22.2 Å². The fourth-order valence-corrected chi connectivity index (χ4v) is 1.54. The van der Waals surface area contributed by atoms with Gasteiger partial charge in [0.1, 0.15) is 0 Å². The van der Waals surface area contributed by atoms with Crippen LogP contribution in [0.2, 0.25) is 0 Å². The summed E-state index contributed by atoms with van der Waals surface area (Å²) in [7, 11) is -2.57. The minimum absolute atomic E-state index is 0.0997. The molecule has 0 N–H and O–H groups in total. The molecule has 0 aliphatic heterocycles. The van der Waals surface area contributed by atoms with Gasteiger partial charge in [-0.1, -0.05) is 13.8 Å². The molecule has 0 aromatic carbocycles. The first-order chi connectivity index (χ1) is 6.93. The van der Waals surface area contributed by atoms with Gasteiger partial charge in [0.2, 0.25) is 0 Å². The predicted octanol–water partition coefficient (Wildman–Crippen LogP) is 2.39. The lowest BCUT2D eigenvalue weighted by Gasteiger charge is -2.08. The summed E-state index contributed by atoms with van der Waals surface area (Å²) >= 11 is 0. The van der Waals surface area contributed by atoms with Crippen LogP contribution < -0.4 is 0 Å². The van der Waals surface area contributed by atoms with E-state index in [0.29, 0.717) is 6.08 Å². The van der Waals surface area contributed by atoms with Gasteiger partial charge in [-0.2, -0.15) is 13.2 Å². The summed E-state index contributed by atoms with van der Waals surface area (Å²) in [6, 6.07) is 0. The Balaban J connectivity index is 5.35. The first-order valence-electron chi connectivity index (χ1n) is 4.43. The smallest absolute Gasteiger partial charge is 0.285 e. The zero-order chi connectivity index (χ0) is 13.1. The SMILES string of the molecule is CC(C)/C(=C\C(=O)C(F)(F)F)N=S(C)(C)=O. The fourth-order valence-electron chi connectivity index (χ4n) is 0.768. The van der Waals surface area contributed by atoms with E-state index in [-0.39, 0.29) is 5.70 Å². The summed E-state index contributed by atoms with van der Waals surface area (Å²) in [6.07, 6.45) is -1.93. The lowest BCUT2D eigenvalue weighted by Crippen LogP contribution is -2.21. The molecule has 0 bridgehead atoms. The van der Waals surface area contributed by atoms with Crippen LogP contribution in [0.5, 0.6) is 0 Å². The first kappa shape index (κ1) is 15.2. The molecule has 0 radical (unpaired) electrons. The molecule has 0 aromatic heterocycles. The van der Waals surface area contributed by atoms with E-state index < -0.39 is 27.6 Å². The maximum atomic E-state index is 12.0. The highest BCUT2D eigenvalue weighted by molar-refractivity contribution is 7.92. The van der Waals surface area contributed by atoms with Gasteiger partial charge in [-0.05, 0) is 5.92 Å². The third-order valence-corrected chi connectivity index (χ3v) is 2.13. The van der Waals surface area contributed by atoms with Crippen molar-refractivity contribution in [1.29, 1.82) is 0 Å². The summed E-state index contributed by atoms with van der Waals surface area (Å²) in [5.74, 6) is -2.38. The summed E-state index contributed by atoms with van der Waals surface area (Å²) in [5.41, 5.74) is -0.0997. The molecule has 0 aliphatic rings. The normalized spacial score (nSPS) is 14.1. The van der Waals surface area contributed by atoms with Gasteiger partial charge in [0, 0.05) is 28.3 Å². The van der Waals surface area contributed by atoms with E-state index in [1.807, 2.05) is 0 Å². The molecule has 0 amide bonds. The van der Waals surface area contributed by atoms with Crippen LogP contribution in [0.25, 0.3) is 0 Å². The lowest BCUT2D eigenvalue weighted by molar-refractivity contribution is -0.165. The fraction of sp³-hybridized carbons (Fsp3) is 0.667. The van der Waals surface area contributed by atoms with Crippen molar-refractivity contribution in [2.75, 3.05) is 12.5 Å². The van der Waals surface area contributed by atoms with Gasteiger partial charge in [-0.3, -0.25) is 4.79 Å². The Morgan fingerprint density at radius 2 is 1.75 bits per heavy atom. The molecule has 0 rings (SSSR count). The maximum absolute atomic E-state index is 12.0. The van der Waals surface area contributed by atoms with E-state index in [2.05, 4.69) is 4.36 Å². The largest absolute Gasteiger partial charge is 0.454 e. The number of ketones is 1. The number of hydrogen-bond donors (Lipinski definition) is 0. The molecule has 0 aromatic rings. The summed E-state index contributed by atoms with van der Waals surface area (Å²) in [4.78, 5) is 10.7. The maximum Gasteiger partial charge on any atom is 0.454 e. The molecule has 0 fully saturated rings. The van der Waals surface area contributed by atoms with Crippen molar-refractivity contribution in [2.45, 2.75) is 20.0 Å². The topological polar surface area (TPSA) is 46.5 Å². The van der Waals surface area contributed by atoms with Crippen LogP contribution in [-0.4, -0.2) is 28.7 Å². The number of carbonyl (C=O) groups is 1. The van der Waals surface area contributed by atoms with Gasteiger partial charge in [0.05, 0.1) is 5.70 Å². The second-order valence-electron chi connectivity index (χ2n) is 3.86. The molecule has 0 aliphatic carbocycles. The molecule has 94 valence electrons. The Hall–Kier alpha value is -0.850. The Bertz CT molecular complexity index is 407. The number of rotatable bonds is 3. The monoisotopic (exact) mass is 257 g/mol. The summed E-state index contributed by atoms with van der Waals surface area (Å²) in [5, 5.41) is 0. The summed E-state index contributed by atoms with van der Waals surface area (Å²) < 4.78 is 51.0. The van der Waals surface area contributed by atoms with Crippen LogP contribution in [0.4, 0.5) is 13.2 Å². The molecule has 0 saturated carbocycles. The van der Waals surface area contributed by atoms with Gasteiger partial charge in [-0.25, -0.2) is 8.57 Å². The molecule has 0 heterocycles. The van der Waals surface area contributed by atoms with Gasteiger partial charge < -0.3 is 0 Å². The summed E-state index contributed by atoms with van der Waals surface area (Å²) in [6.45, 7) is 3.15. The molecule has 0 spiro atoms. The number of alkyl halides is 3. The van der Waals surface area contributed by atoms with Crippen molar-refractivity contribution in [1.82, 2.24) is 0 Å². The van der Waals surface area contributed by atoms with Gasteiger partial charge >= 0.3 is 6.18 Å². The van der Waals surface area contributed by atoms with Crippen LogP contribution in [0, 0.1) is 5.92 Å². The second-order valence-corrected chi connectivity index (χ2v) is 6.40. The lowest BCUT2D eigenvalue weighted by atomic mass is 10.1. The van der Waals surface area contributed by atoms with E-state index in [1.165, 1.54) is 12.5 Å². The molecular formula is C9H14F3NO2S. The highest BCUT2D eigenvalue weighted by Crippen LogP contribution is 2.20. The molecule has 0 unspecified atom stereocenters. The highest BCUT2D eigenvalue weighted by atomic mass is 32.2. The predicted molar refractivity (Wildman–Crippen MR) is 56.4 cm³/mol. The molecule has 0 saturated heterocycles. The average Bonchev–Trinajstić information content (AvgIpc) is 1.98. The number of carbonyl (C=O) groups excluding carboxylic acids is 1. The quantitative estimate of drug-likeness (QED) is 0.729. The van der Waals surface area contributed by atoms with Crippen LogP contribution in [-0.2, 0) is 14.5 Å². The second kappa shape index (κ2) is 4.99. The standard InChI is InChI=1S/C9H14F3NO2S/c1-6(2)7(13-16(3,4)15)5-8(14)9(10,11)12/h5-6H,1-4H3/b7-5+. The number of allylic oxidation sites excluding steroid dienone is 2. The third kappa shape index (κ3) is 5.89. The molecule has 0 atom stereocenters. The van der Waals surface area contributed by atoms with Crippen molar-refractivity contribution >= 4 is 15.5 Å². The number of nitrogens with zero attached hydrogens (tertiary/aromatic N) is 1. The van der Waals surface area contributed by atoms with Crippen LogP contribution in [0.1, 0.15) is 13.8 Å². The van der Waals surface area contributed by atoms with E-state index in [1.54, 1.807) is 13.8 Å². The van der Waals surface area contributed by atoms with E-state index in [0.717, 1.165) is 0 Å². The minimum Gasteiger partial charge on any atom is -0.285 e. The first-order valence-corrected chi connectivity index (χ1v) is 6.76.